The molecule has 0 radical (unpaired) electrons. The number of nitrogens with zero attached hydrogens (tertiary/aromatic N) is 1. The Morgan fingerprint density at radius 3 is 2.56 bits per heavy atom. The van der Waals surface area contributed by atoms with Gasteiger partial charge >= 0.3 is 6.09 Å². The Morgan fingerprint density at radius 1 is 1.20 bits per heavy atom. The molecule has 0 saturated heterocycles. The minimum Gasteiger partial charge on any atom is -0.444 e. The summed E-state index contributed by atoms with van der Waals surface area (Å²) in [5.41, 5.74) is 8.64. The van der Waals surface area contributed by atoms with Crippen molar-refractivity contribution in [3.8, 4) is 0 Å². The monoisotopic (exact) mass is 346 g/mol. The van der Waals surface area contributed by atoms with E-state index in [2.05, 4.69) is 27.8 Å². The zero-order valence-corrected chi connectivity index (χ0v) is 15.9. The highest BCUT2D eigenvalue weighted by Crippen LogP contribution is 2.24. The molecule has 1 aliphatic rings. The van der Waals surface area contributed by atoms with Crippen molar-refractivity contribution in [1.82, 2.24) is 5.32 Å². The normalized spacial score (nSPS) is 14.8. The van der Waals surface area contributed by atoms with Crippen LogP contribution in [-0.2, 0) is 17.6 Å². The molecule has 25 heavy (non-hydrogen) atoms. The van der Waals surface area contributed by atoms with Crippen LogP contribution in [0.25, 0.3) is 0 Å². The van der Waals surface area contributed by atoms with Crippen molar-refractivity contribution in [2.75, 3.05) is 11.9 Å². The lowest BCUT2D eigenvalue weighted by molar-refractivity contribution is 0.0476. The highest BCUT2D eigenvalue weighted by molar-refractivity contribution is 5.92. The van der Waals surface area contributed by atoms with Crippen LogP contribution in [0, 0.1) is 0 Å². The SMILES string of the molecule is CC(C)(CN=C(N)Nc1ccc2c(c1)CCC2)NC(=O)OC(C)(C)C. The number of hydrogen-bond donors (Lipinski definition) is 3. The molecule has 1 aliphatic carbocycles. The van der Waals surface area contributed by atoms with Gasteiger partial charge in [0.2, 0.25) is 0 Å². The average molecular weight is 346 g/mol. The number of rotatable bonds is 4. The fourth-order valence-corrected chi connectivity index (χ4v) is 2.74. The third-order valence-electron chi connectivity index (χ3n) is 3.85. The van der Waals surface area contributed by atoms with Crippen molar-refractivity contribution in [3.05, 3.63) is 29.3 Å². The van der Waals surface area contributed by atoms with Gasteiger partial charge in [0.05, 0.1) is 12.1 Å². The van der Waals surface area contributed by atoms with E-state index >= 15 is 0 Å². The maximum absolute atomic E-state index is 11.9. The molecule has 0 saturated carbocycles. The minimum atomic E-state index is -0.563. The van der Waals surface area contributed by atoms with E-state index in [-0.39, 0.29) is 0 Å². The second-order valence-corrected chi connectivity index (χ2v) is 8.17. The highest BCUT2D eigenvalue weighted by atomic mass is 16.6. The van der Waals surface area contributed by atoms with Crippen molar-refractivity contribution >= 4 is 17.7 Å². The number of carbonyl (C=O) groups is 1. The van der Waals surface area contributed by atoms with Gasteiger partial charge in [0.15, 0.2) is 5.96 Å². The van der Waals surface area contributed by atoms with Crippen LogP contribution in [0.4, 0.5) is 10.5 Å². The van der Waals surface area contributed by atoms with Gasteiger partial charge in [0.25, 0.3) is 0 Å². The lowest BCUT2D eigenvalue weighted by Gasteiger charge is -2.27. The number of hydrogen-bond acceptors (Lipinski definition) is 3. The molecule has 6 nitrogen and oxygen atoms in total. The second-order valence-electron chi connectivity index (χ2n) is 8.17. The van der Waals surface area contributed by atoms with Crippen molar-refractivity contribution in [3.63, 3.8) is 0 Å². The van der Waals surface area contributed by atoms with E-state index in [1.54, 1.807) is 0 Å². The van der Waals surface area contributed by atoms with Crippen molar-refractivity contribution in [1.29, 1.82) is 0 Å². The number of ether oxygens (including phenoxy) is 1. The van der Waals surface area contributed by atoms with Gasteiger partial charge in [-0.15, -0.1) is 0 Å². The lowest BCUT2D eigenvalue weighted by Crippen LogP contribution is -2.48. The fourth-order valence-electron chi connectivity index (χ4n) is 2.74. The number of amides is 1. The molecule has 1 amide bonds. The van der Waals surface area contributed by atoms with E-state index in [1.165, 1.54) is 17.5 Å². The van der Waals surface area contributed by atoms with E-state index in [9.17, 15) is 4.79 Å². The van der Waals surface area contributed by atoms with Crippen LogP contribution in [-0.4, -0.2) is 29.7 Å². The molecule has 1 aromatic rings. The van der Waals surface area contributed by atoms with Crippen LogP contribution in [0.2, 0.25) is 0 Å². The standard InChI is InChI=1S/C19H30N4O2/c1-18(2,3)25-17(24)23-19(4,5)12-21-16(20)22-15-10-9-13-7-6-8-14(13)11-15/h9-11H,6-8,12H2,1-5H3,(H,23,24)(H3,20,21,22). The molecule has 2 rings (SSSR count). The third-order valence-corrected chi connectivity index (χ3v) is 3.85. The molecule has 6 heteroatoms. The first-order chi connectivity index (χ1) is 11.5. The summed E-state index contributed by atoms with van der Waals surface area (Å²) in [7, 11) is 0. The second kappa shape index (κ2) is 7.33. The third kappa shape index (κ3) is 6.29. The molecule has 0 bridgehead atoms. The van der Waals surface area contributed by atoms with Gasteiger partial charge in [-0.25, -0.2) is 4.79 Å². The molecule has 0 spiro atoms. The summed E-state index contributed by atoms with van der Waals surface area (Å²) in [6.45, 7) is 9.59. The summed E-state index contributed by atoms with van der Waals surface area (Å²) in [5, 5.41) is 5.93. The molecule has 0 unspecified atom stereocenters. The number of nitrogens with one attached hydrogen (secondary N) is 2. The Morgan fingerprint density at radius 2 is 1.88 bits per heavy atom. The van der Waals surface area contributed by atoms with Gasteiger partial charge < -0.3 is 21.1 Å². The van der Waals surface area contributed by atoms with Gasteiger partial charge in [-0.1, -0.05) is 6.07 Å². The van der Waals surface area contributed by atoms with Gasteiger partial charge in [-0.05, 0) is 77.1 Å². The summed E-state index contributed by atoms with van der Waals surface area (Å²) in [6.07, 6.45) is 3.03. The quantitative estimate of drug-likeness (QED) is 0.577. The Hall–Kier alpha value is -2.24. The first kappa shape index (κ1) is 19.1. The molecule has 1 aromatic carbocycles. The maximum atomic E-state index is 11.9. The van der Waals surface area contributed by atoms with Crippen LogP contribution < -0.4 is 16.4 Å². The Labute approximate surface area is 150 Å². The largest absolute Gasteiger partial charge is 0.444 e. The van der Waals surface area contributed by atoms with E-state index in [0.717, 1.165) is 18.5 Å². The molecule has 138 valence electrons. The number of benzene rings is 1. The van der Waals surface area contributed by atoms with Crippen molar-refractivity contribution < 1.29 is 9.53 Å². The lowest BCUT2D eigenvalue weighted by atomic mass is 10.1. The predicted molar refractivity (Wildman–Crippen MR) is 102 cm³/mol. The number of aryl methyl sites for hydroxylation is 2. The summed E-state index contributed by atoms with van der Waals surface area (Å²) in [6, 6.07) is 6.30. The van der Waals surface area contributed by atoms with Crippen LogP contribution in [0.3, 0.4) is 0 Å². The molecule has 0 aliphatic heterocycles. The van der Waals surface area contributed by atoms with Gasteiger partial charge in [-0.2, -0.15) is 0 Å². The molecule has 4 N–H and O–H groups in total. The Balaban J connectivity index is 1.90. The number of alkyl carbamates (subject to hydrolysis) is 1. The number of aliphatic imine (C=N–C) groups is 1. The van der Waals surface area contributed by atoms with E-state index < -0.39 is 17.2 Å². The number of nitrogens with two attached hydrogens (primary N) is 1. The summed E-state index contributed by atoms with van der Waals surface area (Å²) in [4.78, 5) is 16.2. The minimum absolute atomic E-state index is 0.331. The van der Waals surface area contributed by atoms with Gasteiger partial charge in [0.1, 0.15) is 5.60 Å². The molecule has 0 fully saturated rings. The molecule has 0 heterocycles. The van der Waals surface area contributed by atoms with Crippen LogP contribution in [0.15, 0.2) is 23.2 Å². The highest BCUT2D eigenvalue weighted by Gasteiger charge is 2.24. The summed E-state index contributed by atoms with van der Waals surface area (Å²) < 4.78 is 5.27. The number of guanidine groups is 1. The average Bonchev–Trinajstić information content (AvgIpc) is 2.90. The van der Waals surface area contributed by atoms with Crippen molar-refractivity contribution in [2.24, 2.45) is 10.7 Å². The molecular formula is C19H30N4O2. The van der Waals surface area contributed by atoms with Crippen LogP contribution in [0.1, 0.15) is 52.2 Å². The number of fused-ring (bicyclic) bond motifs is 1. The molecular weight excluding hydrogens is 316 g/mol. The van der Waals surface area contributed by atoms with E-state index in [4.69, 9.17) is 10.5 Å². The van der Waals surface area contributed by atoms with Gasteiger partial charge in [-0.3, -0.25) is 4.99 Å². The number of carbonyl (C=O) groups excluding carboxylic acids is 1. The maximum Gasteiger partial charge on any atom is 0.408 e. The summed E-state index contributed by atoms with van der Waals surface area (Å²) in [5.74, 6) is 0.331. The Kier molecular flexibility index (Phi) is 5.60. The fraction of sp³-hybridized carbons (Fsp3) is 0.579. The zero-order valence-electron chi connectivity index (χ0n) is 15.9. The van der Waals surface area contributed by atoms with Crippen molar-refractivity contribution in [2.45, 2.75) is 65.0 Å². The smallest absolute Gasteiger partial charge is 0.408 e. The predicted octanol–water partition coefficient (Wildman–Crippen LogP) is 3.21. The van der Waals surface area contributed by atoms with E-state index in [1.807, 2.05) is 40.7 Å². The van der Waals surface area contributed by atoms with Crippen LogP contribution in [0.5, 0.6) is 0 Å². The van der Waals surface area contributed by atoms with E-state index in [0.29, 0.717) is 12.5 Å². The summed E-state index contributed by atoms with van der Waals surface area (Å²) >= 11 is 0. The van der Waals surface area contributed by atoms with Crippen LogP contribution >= 0.6 is 0 Å². The molecule has 0 aromatic heterocycles. The van der Waals surface area contributed by atoms with Gasteiger partial charge in [0, 0.05) is 5.69 Å². The topological polar surface area (TPSA) is 88.7 Å². The number of anilines is 1. The molecule has 0 atom stereocenters. The zero-order chi connectivity index (χ0) is 18.7. The Bertz CT molecular complexity index is 660. The first-order valence-corrected chi connectivity index (χ1v) is 8.74. The first-order valence-electron chi connectivity index (χ1n) is 8.74.